The smallest absolute Gasteiger partial charge is 0.214 e. The minimum Gasteiger partial charge on any atom is -0.374 e. The fourth-order valence-electron chi connectivity index (χ4n) is 0.601. The van der Waals surface area contributed by atoms with E-state index in [9.17, 15) is 4.39 Å². The van der Waals surface area contributed by atoms with Gasteiger partial charge in [-0.25, -0.2) is 4.39 Å². The highest BCUT2D eigenvalue weighted by Crippen LogP contribution is 2.56. The van der Waals surface area contributed by atoms with Crippen molar-refractivity contribution in [3.05, 3.63) is 0 Å². The molecule has 1 aliphatic rings. The van der Waals surface area contributed by atoms with E-state index >= 15 is 0 Å². The second-order valence-electron chi connectivity index (χ2n) is 2.32. The Hall–Kier alpha value is 0.180. The lowest BCUT2D eigenvalue weighted by atomic mass is 10.4. The van der Waals surface area contributed by atoms with Gasteiger partial charge in [0, 0.05) is 13.5 Å². The van der Waals surface area contributed by atoms with Crippen molar-refractivity contribution in [3.8, 4) is 0 Å². The van der Waals surface area contributed by atoms with Gasteiger partial charge < -0.3 is 4.74 Å². The lowest BCUT2D eigenvalue weighted by molar-refractivity contribution is 0.0642. The highest BCUT2D eigenvalue weighted by Gasteiger charge is 2.66. The van der Waals surface area contributed by atoms with Gasteiger partial charge in [0.25, 0.3) is 0 Å². The quantitative estimate of drug-likeness (QED) is 0.501. The third-order valence-corrected chi connectivity index (χ3v) is 2.19. The van der Waals surface area contributed by atoms with E-state index in [0.717, 1.165) is 0 Å². The zero-order valence-corrected chi connectivity index (χ0v) is 5.63. The van der Waals surface area contributed by atoms with Gasteiger partial charge in [-0.3, -0.25) is 0 Å². The maximum absolute atomic E-state index is 12.5. The minimum atomic E-state index is -1.60. The first-order valence-electron chi connectivity index (χ1n) is 2.45. The Balaban J connectivity index is 2.55. The highest BCUT2D eigenvalue weighted by molar-refractivity contribution is 6.26. The van der Waals surface area contributed by atoms with Crippen LogP contribution in [-0.2, 0) is 4.74 Å². The van der Waals surface area contributed by atoms with Crippen LogP contribution in [0.3, 0.4) is 0 Å². The van der Waals surface area contributed by atoms with E-state index in [0.29, 0.717) is 6.42 Å². The predicted octanol–water partition coefficient (Wildman–Crippen LogP) is 1.70. The first kappa shape index (κ1) is 6.30. The summed E-state index contributed by atoms with van der Waals surface area (Å²) in [5.41, 5.74) is -0.714. The fraction of sp³-hybridized carbons (Fsp3) is 1.00. The molecule has 0 aromatic carbocycles. The monoisotopic (exact) mass is 138 g/mol. The second kappa shape index (κ2) is 1.36. The Bertz CT molecular complexity index is 115. The zero-order chi connectivity index (χ0) is 6.41. The molecule has 0 aliphatic heterocycles. The minimum absolute atomic E-state index is 0.304. The molecule has 2 atom stereocenters. The summed E-state index contributed by atoms with van der Waals surface area (Å²) in [5.74, 6) is 0. The molecule has 1 nitrogen and oxygen atoms in total. The van der Waals surface area contributed by atoms with Gasteiger partial charge >= 0.3 is 0 Å². The molecule has 0 N–H and O–H groups in total. The molecule has 8 heavy (non-hydrogen) atoms. The Labute approximate surface area is 52.8 Å². The van der Waals surface area contributed by atoms with Crippen molar-refractivity contribution in [3.63, 3.8) is 0 Å². The number of hydrogen-bond donors (Lipinski definition) is 0. The molecule has 1 fully saturated rings. The van der Waals surface area contributed by atoms with E-state index in [1.54, 1.807) is 6.92 Å². The second-order valence-corrected chi connectivity index (χ2v) is 2.92. The Morgan fingerprint density at radius 3 is 2.12 bits per heavy atom. The van der Waals surface area contributed by atoms with E-state index in [1.165, 1.54) is 7.11 Å². The first-order chi connectivity index (χ1) is 3.52. The van der Waals surface area contributed by atoms with Gasteiger partial charge in [0.2, 0.25) is 5.13 Å². The van der Waals surface area contributed by atoms with E-state index in [2.05, 4.69) is 0 Å². The lowest BCUT2D eigenvalue weighted by Gasteiger charge is -2.05. The number of ether oxygens (including phenoxy) is 1. The van der Waals surface area contributed by atoms with E-state index in [4.69, 9.17) is 16.3 Å². The number of rotatable bonds is 1. The van der Waals surface area contributed by atoms with Gasteiger partial charge in [-0.2, -0.15) is 0 Å². The molecular weight excluding hydrogens is 131 g/mol. The first-order valence-corrected chi connectivity index (χ1v) is 2.83. The molecule has 0 bridgehead atoms. The molecule has 0 heterocycles. The maximum Gasteiger partial charge on any atom is 0.214 e. The van der Waals surface area contributed by atoms with Crippen molar-refractivity contribution in [2.45, 2.75) is 24.1 Å². The van der Waals surface area contributed by atoms with Gasteiger partial charge in [0.1, 0.15) is 5.60 Å². The molecule has 3 heteroatoms. The van der Waals surface area contributed by atoms with Crippen molar-refractivity contribution < 1.29 is 9.13 Å². The Morgan fingerprint density at radius 1 is 1.75 bits per heavy atom. The molecule has 48 valence electrons. The van der Waals surface area contributed by atoms with Crippen molar-refractivity contribution in [1.82, 2.24) is 0 Å². The van der Waals surface area contributed by atoms with E-state index < -0.39 is 10.7 Å². The zero-order valence-electron chi connectivity index (χ0n) is 4.87. The molecular formula is C5H8ClFO. The SMILES string of the molecule is CO[C@]1(C)C[C@]1(F)Cl. The van der Waals surface area contributed by atoms with Crippen LogP contribution in [0.5, 0.6) is 0 Å². The molecule has 1 rings (SSSR count). The Kier molecular flexibility index (Phi) is 1.07. The van der Waals surface area contributed by atoms with Crippen LogP contribution >= 0.6 is 11.6 Å². The normalized spacial score (nSPS) is 54.0. The summed E-state index contributed by atoms with van der Waals surface area (Å²) in [5, 5.41) is -1.60. The summed E-state index contributed by atoms with van der Waals surface area (Å²) in [7, 11) is 1.46. The maximum atomic E-state index is 12.5. The fourth-order valence-corrected chi connectivity index (χ4v) is 0.933. The van der Waals surface area contributed by atoms with Gasteiger partial charge in [0.05, 0.1) is 0 Å². The van der Waals surface area contributed by atoms with Crippen LogP contribution in [0.15, 0.2) is 0 Å². The van der Waals surface area contributed by atoms with Crippen LogP contribution in [0.2, 0.25) is 0 Å². The number of hydrogen-bond acceptors (Lipinski definition) is 1. The van der Waals surface area contributed by atoms with Gasteiger partial charge in [-0.05, 0) is 6.92 Å². The third kappa shape index (κ3) is 0.633. The molecule has 0 saturated heterocycles. The van der Waals surface area contributed by atoms with Crippen molar-refractivity contribution in [2.75, 3.05) is 7.11 Å². The van der Waals surface area contributed by atoms with Crippen molar-refractivity contribution >= 4 is 11.6 Å². The van der Waals surface area contributed by atoms with Crippen LogP contribution in [0.4, 0.5) is 4.39 Å². The molecule has 0 unspecified atom stereocenters. The topological polar surface area (TPSA) is 9.23 Å². The van der Waals surface area contributed by atoms with Crippen molar-refractivity contribution in [2.24, 2.45) is 0 Å². The van der Waals surface area contributed by atoms with Gasteiger partial charge in [0.15, 0.2) is 0 Å². The summed E-state index contributed by atoms with van der Waals surface area (Å²) in [4.78, 5) is 0. The number of alkyl halides is 2. The highest BCUT2D eigenvalue weighted by atomic mass is 35.5. The van der Waals surface area contributed by atoms with Crippen LogP contribution in [0.1, 0.15) is 13.3 Å². The molecule has 0 spiro atoms. The molecule has 1 saturated carbocycles. The van der Waals surface area contributed by atoms with Crippen LogP contribution in [-0.4, -0.2) is 17.8 Å². The Morgan fingerprint density at radius 2 is 2.12 bits per heavy atom. The average Bonchev–Trinajstić information content (AvgIpc) is 2.10. The summed E-state index contributed by atoms with van der Waals surface area (Å²) in [6.45, 7) is 1.65. The standard InChI is InChI=1S/C5H8ClFO/c1-4(8-2)3-5(4,6)7/h3H2,1-2H3/t4-,5-/m1/s1. The summed E-state index contributed by atoms with van der Waals surface area (Å²) in [6.07, 6.45) is 0.304. The van der Waals surface area contributed by atoms with Gasteiger partial charge in [-0.15, -0.1) is 0 Å². The van der Waals surface area contributed by atoms with E-state index in [1.807, 2.05) is 0 Å². The molecule has 1 aliphatic carbocycles. The summed E-state index contributed by atoms with van der Waals surface area (Å²) in [6, 6.07) is 0. The number of methoxy groups -OCH3 is 1. The molecule has 0 radical (unpaired) electrons. The number of halogens is 2. The predicted molar refractivity (Wildman–Crippen MR) is 29.7 cm³/mol. The molecule has 0 aromatic heterocycles. The van der Waals surface area contributed by atoms with E-state index in [-0.39, 0.29) is 0 Å². The van der Waals surface area contributed by atoms with Crippen LogP contribution in [0.25, 0.3) is 0 Å². The van der Waals surface area contributed by atoms with Crippen LogP contribution < -0.4 is 0 Å². The summed E-state index contributed by atoms with van der Waals surface area (Å²) >= 11 is 5.26. The largest absolute Gasteiger partial charge is 0.374 e. The molecule has 0 aromatic rings. The molecule has 0 amide bonds. The van der Waals surface area contributed by atoms with Crippen molar-refractivity contribution in [1.29, 1.82) is 0 Å². The lowest BCUT2D eigenvalue weighted by Crippen LogP contribution is -2.14. The average molecular weight is 139 g/mol. The van der Waals surface area contributed by atoms with Crippen LogP contribution in [0, 0.1) is 0 Å². The van der Waals surface area contributed by atoms with Gasteiger partial charge in [-0.1, -0.05) is 11.6 Å². The summed E-state index contributed by atoms with van der Waals surface area (Å²) < 4.78 is 17.2. The third-order valence-electron chi connectivity index (χ3n) is 1.66.